The van der Waals surface area contributed by atoms with Gasteiger partial charge in [0.25, 0.3) is 5.91 Å². The van der Waals surface area contributed by atoms with Gasteiger partial charge in [0.15, 0.2) is 0 Å². The zero-order valence-corrected chi connectivity index (χ0v) is 14.1. The topological polar surface area (TPSA) is 68.0 Å². The van der Waals surface area contributed by atoms with Crippen molar-refractivity contribution < 1.29 is 4.79 Å². The third-order valence-corrected chi connectivity index (χ3v) is 4.08. The Labute approximate surface area is 129 Å². The number of carbonyl (C=O) groups is 1. The molecule has 3 N–H and O–H groups in total. The Morgan fingerprint density at radius 2 is 2.05 bits per heavy atom. The molecule has 0 spiro atoms. The smallest absolute Gasteiger partial charge is 0.263 e. The zero-order valence-electron chi connectivity index (χ0n) is 13.3. The number of thiophene rings is 1. The number of anilines is 1. The van der Waals surface area contributed by atoms with Crippen LogP contribution in [0.25, 0.3) is 10.2 Å². The van der Waals surface area contributed by atoms with Gasteiger partial charge in [-0.15, -0.1) is 11.3 Å². The minimum absolute atomic E-state index is 0.131. The largest absolute Gasteiger partial charge is 0.397 e. The molecule has 2 aromatic heterocycles. The molecule has 114 valence electrons. The van der Waals surface area contributed by atoms with Crippen LogP contribution in [0, 0.1) is 5.92 Å². The highest BCUT2D eigenvalue weighted by molar-refractivity contribution is 7.21. The molecule has 1 amide bonds. The lowest BCUT2D eigenvalue weighted by Crippen LogP contribution is -2.40. The second kappa shape index (κ2) is 5.64. The van der Waals surface area contributed by atoms with E-state index >= 15 is 0 Å². The maximum Gasteiger partial charge on any atom is 0.263 e. The maximum absolute atomic E-state index is 12.3. The highest BCUT2D eigenvalue weighted by Gasteiger charge is 2.21. The number of hydrogen-bond donors (Lipinski definition) is 2. The van der Waals surface area contributed by atoms with Crippen molar-refractivity contribution in [2.75, 3.05) is 5.73 Å². The van der Waals surface area contributed by atoms with Crippen molar-refractivity contribution in [3.63, 3.8) is 0 Å². The molecule has 0 atom stereocenters. The second-order valence-corrected chi connectivity index (χ2v) is 7.80. The Morgan fingerprint density at radius 3 is 2.62 bits per heavy atom. The van der Waals surface area contributed by atoms with Crippen molar-refractivity contribution in [3.8, 4) is 0 Å². The lowest BCUT2D eigenvalue weighted by atomic mass is 10.1. The van der Waals surface area contributed by atoms with Gasteiger partial charge in [-0.1, -0.05) is 13.8 Å². The first kappa shape index (κ1) is 15.8. The molecule has 0 aromatic carbocycles. The minimum Gasteiger partial charge on any atom is -0.397 e. The van der Waals surface area contributed by atoms with E-state index in [1.807, 2.05) is 32.9 Å². The summed E-state index contributed by atoms with van der Waals surface area (Å²) in [4.78, 5) is 18.3. The second-order valence-electron chi connectivity index (χ2n) is 6.80. The summed E-state index contributed by atoms with van der Waals surface area (Å²) in [6.07, 6.45) is 0.928. The number of nitrogen functional groups attached to an aromatic ring is 1. The molecule has 0 fully saturated rings. The van der Waals surface area contributed by atoms with E-state index in [0.29, 0.717) is 16.5 Å². The van der Waals surface area contributed by atoms with Crippen LogP contribution in [0.2, 0.25) is 0 Å². The Morgan fingerprint density at radius 1 is 1.38 bits per heavy atom. The summed E-state index contributed by atoms with van der Waals surface area (Å²) < 4.78 is 0. The predicted molar refractivity (Wildman–Crippen MR) is 89.8 cm³/mol. The van der Waals surface area contributed by atoms with Crippen LogP contribution in [-0.2, 0) is 6.42 Å². The van der Waals surface area contributed by atoms with Crippen molar-refractivity contribution in [2.45, 2.75) is 46.6 Å². The van der Waals surface area contributed by atoms with Crippen molar-refractivity contribution in [2.24, 2.45) is 5.92 Å². The number of carbonyl (C=O) groups excluding carboxylic acids is 1. The van der Waals surface area contributed by atoms with Gasteiger partial charge in [0.2, 0.25) is 0 Å². The quantitative estimate of drug-likeness (QED) is 0.910. The molecule has 0 radical (unpaired) electrons. The molecule has 5 heteroatoms. The van der Waals surface area contributed by atoms with Crippen molar-refractivity contribution >= 4 is 33.1 Å². The van der Waals surface area contributed by atoms with Crippen molar-refractivity contribution in [1.29, 1.82) is 0 Å². The first-order chi connectivity index (χ1) is 9.67. The first-order valence-corrected chi connectivity index (χ1v) is 7.99. The van der Waals surface area contributed by atoms with E-state index in [9.17, 15) is 4.79 Å². The van der Waals surface area contributed by atoms with Crippen LogP contribution in [0.5, 0.6) is 0 Å². The first-order valence-electron chi connectivity index (χ1n) is 7.18. The molecule has 2 rings (SSSR count). The zero-order chi connectivity index (χ0) is 15.8. The average Bonchev–Trinajstić information content (AvgIpc) is 2.63. The number of pyridine rings is 1. The standard InChI is InChI=1S/C16H23N3OS/c1-9(2)8-10-6-7-11-12(17)13(21-15(11)18-10)14(20)19-16(3,4)5/h6-7,9H,8,17H2,1-5H3,(H,19,20). The maximum atomic E-state index is 12.3. The van der Waals surface area contributed by atoms with Crippen LogP contribution in [0.3, 0.4) is 0 Å². The van der Waals surface area contributed by atoms with E-state index in [-0.39, 0.29) is 11.4 Å². The normalized spacial score (nSPS) is 12.1. The molecule has 0 aliphatic heterocycles. The van der Waals surface area contributed by atoms with Gasteiger partial charge >= 0.3 is 0 Å². The fourth-order valence-corrected chi connectivity index (χ4v) is 3.14. The van der Waals surface area contributed by atoms with E-state index in [1.165, 1.54) is 11.3 Å². The summed E-state index contributed by atoms with van der Waals surface area (Å²) in [6, 6.07) is 3.97. The van der Waals surface area contributed by atoms with Gasteiger partial charge in [-0.2, -0.15) is 0 Å². The fourth-order valence-electron chi connectivity index (χ4n) is 2.13. The number of hydrogen-bond acceptors (Lipinski definition) is 4. The number of nitrogens with two attached hydrogens (primary N) is 1. The summed E-state index contributed by atoms with van der Waals surface area (Å²) in [5.41, 5.74) is 7.41. The van der Waals surface area contributed by atoms with E-state index in [1.54, 1.807) is 0 Å². The number of nitrogens with zero attached hydrogens (tertiary/aromatic N) is 1. The third-order valence-electron chi connectivity index (χ3n) is 2.96. The summed E-state index contributed by atoms with van der Waals surface area (Å²) in [5.74, 6) is 0.421. The minimum atomic E-state index is -0.282. The van der Waals surface area contributed by atoms with Crippen LogP contribution in [0.4, 0.5) is 5.69 Å². The van der Waals surface area contributed by atoms with Crippen molar-refractivity contribution in [3.05, 3.63) is 22.7 Å². The Kier molecular flexibility index (Phi) is 4.23. The Bertz CT molecular complexity index is 668. The van der Waals surface area contributed by atoms with E-state index in [0.717, 1.165) is 22.3 Å². The lowest BCUT2D eigenvalue weighted by molar-refractivity contribution is 0.0924. The van der Waals surface area contributed by atoms with Crippen LogP contribution >= 0.6 is 11.3 Å². The molecule has 0 aliphatic rings. The number of fused-ring (bicyclic) bond motifs is 1. The summed E-state index contributed by atoms with van der Waals surface area (Å²) >= 11 is 1.37. The highest BCUT2D eigenvalue weighted by atomic mass is 32.1. The molecule has 2 heterocycles. The molecule has 0 bridgehead atoms. The number of rotatable bonds is 3. The molecule has 0 aliphatic carbocycles. The third kappa shape index (κ3) is 3.73. The molecular formula is C16H23N3OS. The monoisotopic (exact) mass is 305 g/mol. The van der Waals surface area contributed by atoms with Gasteiger partial charge in [0.1, 0.15) is 9.71 Å². The SMILES string of the molecule is CC(C)Cc1ccc2c(N)c(C(=O)NC(C)(C)C)sc2n1. The Balaban J connectivity index is 2.38. The Hall–Kier alpha value is -1.62. The number of aromatic nitrogens is 1. The highest BCUT2D eigenvalue weighted by Crippen LogP contribution is 2.33. The van der Waals surface area contributed by atoms with Gasteiger partial charge in [0, 0.05) is 16.6 Å². The molecule has 4 nitrogen and oxygen atoms in total. The van der Waals surface area contributed by atoms with Crippen LogP contribution in [0.15, 0.2) is 12.1 Å². The molecular weight excluding hydrogens is 282 g/mol. The van der Waals surface area contributed by atoms with Crippen LogP contribution in [0.1, 0.15) is 50.0 Å². The molecule has 0 unspecified atom stereocenters. The predicted octanol–water partition coefficient (Wildman–Crippen LogP) is 3.61. The van der Waals surface area contributed by atoms with Crippen LogP contribution < -0.4 is 11.1 Å². The molecule has 21 heavy (non-hydrogen) atoms. The van der Waals surface area contributed by atoms with Gasteiger partial charge in [-0.05, 0) is 45.2 Å². The number of nitrogens with one attached hydrogen (secondary N) is 1. The van der Waals surface area contributed by atoms with E-state index in [2.05, 4.69) is 24.1 Å². The molecule has 2 aromatic rings. The molecule has 0 saturated carbocycles. The van der Waals surface area contributed by atoms with Gasteiger partial charge in [-0.3, -0.25) is 4.79 Å². The van der Waals surface area contributed by atoms with Gasteiger partial charge in [-0.25, -0.2) is 4.98 Å². The number of amides is 1. The van der Waals surface area contributed by atoms with E-state index < -0.39 is 0 Å². The van der Waals surface area contributed by atoms with Gasteiger partial charge < -0.3 is 11.1 Å². The fraction of sp³-hybridized carbons (Fsp3) is 0.500. The van der Waals surface area contributed by atoms with Crippen LogP contribution in [-0.4, -0.2) is 16.4 Å². The summed E-state index contributed by atoms with van der Waals surface area (Å²) in [6.45, 7) is 10.2. The summed E-state index contributed by atoms with van der Waals surface area (Å²) in [5, 5.41) is 3.81. The van der Waals surface area contributed by atoms with Crippen molar-refractivity contribution in [1.82, 2.24) is 10.3 Å². The van der Waals surface area contributed by atoms with Gasteiger partial charge in [0.05, 0.1) is 5.69 Å². The average molecular weight is 305 g/mol. The summed E-state index contributed by atoms with van der Waals surface area (Å²) in [7, 11) is 0. The van der Waals surface area contributed by atoms with E-state index in [4.69, 9.17) is 5.73 Å². The lowest BCUT2D eigenvalue weighted by Gasteiger charge is -2.19. The molecule has 0 saturated heterocycles.